The Balaban J connectivity index is 2.92. The maximum atomic E-state index is 12.2. The highest BCUT2D eigenvalue weighted by atomic mass is 19.3. The standard InChI is InChI=1S/C7H11F2N3/c1-2-3-5-4-6(10)11-12(5)7(8)9/h4,7H,2-3H2,1H3,(H2,10,11). The van der Waals surface area contributed by atoms with Gasteiger partial charge >= 0.3 is 6.55 Å². The summed E-state index contributed by atoms with van der Waals surface area (Å²) >= 11 is 0. The van der Waals surface area contributed by atoms with Gasteiger partial charge in [-0.3, -0.25) is 0 Å². The highest BCUT2D eigenvalue weighted by Gasteiger charge is 2.12. The summed E-state index contributed by atoms with van der Waals surface area (Å²) in [6.45, 7) is -0.678. The van der Waals surface area contributed by atoms with Crippen LogP contribution in [0.25, 0.3) is 0 Å². The van der Waals surface area contributed by atoms with Crippen molar-refractivity contribution < 1.29 is 8.78 Å². The molecule has 2 N–H and O–H groups in total. The molecule has 0 unspecified atom stereocenters. The first-order valence-electron chi connectivity index (χ1n) is 3.77. The molecule has 0 amide bonds. The van der Waals surface area contributed by atoms with E-state index in [1.54, 1.807) is 0 Å². The van der Waals surface area contributed by atoms with Gasteiger partial charge in [-0.05, 0) is 6.42 Å². The van der Waals surface area contributed by atoms with Gasteiger partial charge in [0.25, 0.3) is 0 Å². The van der Waals surface area contributed by atoms with Crippen LogP contribution in [0.1, 0.15) is 25.6 Å². The molecule has 0 aliphatic heterocycles. The minimum Gasteiger partial charge on any atom is -0.382 e. The number of nitrogen functional groups attached to an aromatic ring is 1. The van der Waals surface area contributed by atoms with E-state index in [1.165, 1.54) is 6.07 Å². The van der Waals surface area contributed by atoms with E-state index in [2.05, 4.69) is 5.10 Å². The Labute approximate surface area is 69.2 Å². The summed E-state index contributed by atoms with van der Waals surface area (Å²) in [7, 11) is 0. The van der Waals surface area contributed by atoms with Crippen molar-refractivity contribution in [1.82, 2.24) is 9.78 Å². The first-order valence-corrected chi connectivity index (χ1v) is 3.77. The fourth-order valence-corrected chi connectivity index (χ4v) is 1.07. The number of hydrogen-bond donors (Lipinski definition) is 1. The average Bonchev–Trinajstić information content (AvgIpc) is 2.32. The van der Waals surface area contributed by atoms with Crippen molar-refractivity contribution in [3.63, 3.8) is 0 Å². The Morgan fingerprint density at radius 3 is 2.83 bits per heavy atom. The fourth-order valence-electron chi connectivity index (χ4n) is 1.07. The number of nitrogens with two attached hydrogens (primary N) is 1. The SMILES string of the molecule is CCCc1cc(N)nn1C(F)F. The Morgan fingerprint density at radius 2 is 2.33 bits per heavy atom. The molecular weight excluding hydrogens is 164 g/mol. The van der Waals surface area contributed by atoms with E-state index in [-0.39, 0.29) is 5.82 Å². The second-order valence-corrected chi connectivity index (χ2v) is 2.53. The molecule has 1 aromatic rings. The highest BCUT2D eigenvalue weighted by molar-refractivity contribution is 5.29. The molecule has 3 nitrogen and oxygen atoms in total. The van der Waals surface area contributed by atoms with Crippen molar-refractivity contribution in [1.29, 1.82) is 0 Å². The summed E-state index contributed by atoms with van der Waals surface area (Å²) < 4.78 is 25.1. The quantitative estimate of drug-likeness (QED) is 0.761. The topological polar surface area (TPSA) is 43.8 Å². The summed E-state index contributed by atoms with van der Waals surface area (Å²) in [5.74, 6) is 0.152. The molecule has 12 heavy (non-hydrogen) atoms. The number of rotatable bonds is 3. The van der Waals surface area contributed by atoms with Gasteiger partial charge in [-0.15, -0.1) is 0 Å². The molecule has 0 fully saturated rings. The maximum absolute atomic E-state index is 12.2. The zero-order chi connectivity index (χ0) is 9.14. The van der Waals surface area contributed by atoms with E-state index in [0.29, 0.717) is 16.8 Å². The second-order valence-electron chi connectivity index (χ2n) is 2.53. The molecular formula is C7H11F2N3. The molecule has 0 radical (unpaired) electrons. The van der Waals surface area contributed by atoms with Crippen LogP contribution in [0.4, 0.5) is 14.6 Å². The third-order valence-corrected chi connectivity index (χ3v) is 1.52. The van der Waals surface area contributed by atoms with E-state index < -0.39 is 6.55 Å². The molecule has 5 heteroatoms. The van der Waals surface area contributed by atoms with Crippen LogP contribution in [0.2, 0.25) is 0 Å². The normalized spacial score (nSPS) is 11.0. The van der Waals surface area contributed by atoms with E-state index >= 15 is 0 Å². The lowest BCUT2D eigenvalue weighted by atomic mass is 10.2. The maximum Gasteiger partial charge on any atom is 0.333 e. The first kappa shape index (κ1) is 8.96. The van der Waals surface area contributed by atoms with Crippen LogP contribution in [-0.4, -0.2) is 9.78 Å². The Bertz CT molecular complexity index is 257. The number of nitrogens with zero attached hydrogens (tertiary/aromatic N) is 2. The number of anilines is 1. The van der Waals surface area contributed by atoms with Crippen LogP contribution < -0.4 is 5.73 Å². The third-order valence-electron chi connectivity index (χ3n) is 1.52. The summed E-state index contributed by atoms with van der Waals surface area (Å²) in [6, 6.07) is 1.48. The summed E-state index contributed by atoms with van der Waals surface area (Å²) in [5.41, 5.74) is 5.77. The van der Waals surface area contributed by atoms with Gasteiger partial charge in [0, 0.05) is 11.8 Å². The molecule has 0 spiro atoms. The lowest BCUT2D eigenvalue weighted by Gasteiger charge is -2.03. The van der Waals surface area contributed by atoms with Gasteiger partial charge in [-0.1, -0.05) is 13.3 Å². The Morgan fingerprint density at radius 1 is 1.67 bits per heavy atom. The van der Waals surface area contributed by atoms with Crippen molar-refractivity contribution in [3.8, 4) is 0 Å². The molecule has 0 saturated heterocycles. The molecule has 0 bridgehead atoms. The van der Waals surface area contributed by atoms with Crippen molar-refractivity contribution in [2.75, 3.05) is 5.73 Å². The van der Waals surface area contributed by atoms with Gasteiger partial charge in [-0.25, -0.2) is 4.68 Å². The first-order chi connectivity index (χ1) is 5.65. The van der Waals surface area contributed by atoms with Crippen molar-refractivity contribution in [2.24, 2.45) is 0 Å². The molecule has 1 aromatic heterocycles. The second kappa shape index (κ2) is 3.51. The zero-order valence-corrected chi connectivity index (χ0v) is 6.80. The van der Waals surface area contributed by atoms with Gasteiger partial charge < -0.3 is 5.73 Å². The minimum absolute atomic E-state index is 0.152. The largest absolute Gasteiger partial charge is 0.382 e. The van der Waals surface area contributed by atoms with E-state index in [1.807, 2.05) is 6.92 Å². The van der Waals surface area contributed by atoms with Crippen molar-refractivity contribution >= 4 is 5.82 Å². The van der Waals surface area contributed by atoms with Crippen LogP contribution in [0.3, 0.4) is 0 Å². The van der Waals surface area contributed by atoms with Crippen LogP contribution >= 0.6 is 0 Å². The van der Waals surface area contributed by atoms with Crippen LogP contribution in [0.15, 0.2) is 6.07 Å². The van der Waals surface area contributed by atoms with E-state index in [9.17, 15) is 8.78 Å². The van der Waals surface area contributed by atoms with Gasteiger partial charge in [0.15, 0.2) is 0 Å². The monoisotopic (exact) mass is 175 g/mol. The molecule has 68 valence electrons. The average molecular weight is 175 g/mol. The number of hydrogen-bond acceptors (Lipinski definition) is 2. The predicted molar refractivity (Wildman–Crippen MR) is 41.9 cm³/mol. The molecule has 0 aromatic carbocycles. The number of aryl methyl sites for hydroxylation is 1. The van der Waals surface area contributed by atoms with Gasteiger partial charge in [0.05, 0.1) is 0 Å². The zero-order valence-electron chi connectivity index (χ0n) is 6.80. The molecule has 1 heterocycles. The number of halogens is 2. The van der Waals surface area contributed by atoms with Crippen LogP contribution in [0, 0.1) is 0 Å². The fraction of sp³-hybridized carbons (Fsp3) is 0.571. The molecule has 0 saturated carbocycles. The predicted octanol–water partition coefficient (Wildman–Crippen LogP) is 1.81. The lowest BCUT2D eigenvalue weighted by Crippen LogP contribution is -2.05. The number of alkyl halides is 2. The summed E-state index contributed by atoms with van der Waals surface area (Å²) in [6.07, 6.45) is 1.38. The smallest absolute Gasteiger partial charge is 0.333 e. The molecule has 0 aliphatic rings. The van der Waals surface area contributed by atoms with Gasteiger partial charge in [0.1, 0.15) is 5.82 Å². The van der Waals surface area contributed by atoms with Crippen molar-refractivity contribution in [2.45, 2.75) is 26.3 Å². The van der Waals surface area contributed by atoms with Crippen LogP contribution in [-0.2, 0) is 6.42 Å². The van der Waals surface area contributed by atoms with E-state index in [4.69, 9.17) is 5.73 Å². The summed E-state index contributed by atoms with van der Waals surface area (Å²) in [5, 5.41) is 3.47. The molecule has 0 aliphatic carbocycles. The third kappa shape index (κ3) is 1.72. The van der Waals surface area contributed by atoms with Gasteiger partial charge in [-0.2, -0.15) is 13.9 Å². The Hall–Kier alpha value is -1.13. The highest BCUT2D eigenvalue weighted by Crippen LogP contribution is 2.16. The van der Waals surface area contributed by atoms with Gasteiger partial charge in [0.2, 0.25) is 0 Å². The lowest BCUT2D eigenvalue weighted by molar-refractivity contribution is 0.0537. The summed E-state index contributed by atoms with van der Waals surface area (Å²) in [4.78, 5) is 0. The van der Waals surface area contributed by atoms with E-state index in [0.717, 1.165) is 6.42 Å². The molecule has 0 atom stereocenters. The Kier molecular flexibility index (Phi) is 2.62. The minimum atomic E-state index is -2.59. The van der Waals surface area contributed by atoms with Crippen molar-refractivity contribution in [3.05, 3.63) is 11.8 Å². The van der Waals surface area contributed by atoms with Crippen LogP contribution in [0.5, 0.6) is 0 Å². The molecule has 1 rings (SSSR count). The number of aromatic nitrogens is 2.